The van der Waals surface area contributed by atoms with Crippen molar-refractivity contribution in [2.75, 3.05) is 18.5 Å². The molecule has 0 aliphatic rings. The predicted octanol–water partition coefficient (Wildman–Crippen LogP) is 0.912. The summed E-state index contributed by atoms with van der Waals surface area (Å²) in [5.74, 6) is -1.02. The molecule has 0 bridgehead atoms. The molecule has 0 radical (unpaired) electrons. The molecular weight excluding hydrogens is 278 g/mol. The average Bonchev–Trinajstić information content (AvgIpc) is 2.25. The van der Waals surface area contributed by atoms with Crippen LogP contribution >= 0.6 is 15.9 Å². The normalized spacial score (nSPS) is 12.2. The molecule has 16 heavy (non-hydrogen) atoms. The van der Waals surface area contributed by atoms with Crippen LogP contribution in [0.3, 0.4) is 0 Å². The maximum absolute atomic E-state index is 10.8. The number of hydrogen-bond donors (Lipinski definition) is 4. The van der Waals surface area contributed by atoms with Crippen LogP contribution in [0.4, 0.5) is 5.69 Å². The Morgan fingerprint density at radius 2 is 2.12 bits per heavy atom. The molecule has 1 aromatic carbocycles. The first-order valence-corrected chi connectivity index (χ1v) is 5.39. The molecule has 0 saturated carbocycles. The summed E-state index contributed by atoms with van der Waals surface area (Å²) in [5, 5.41) is 29.4. The summed E-state index contributed by atoms with van der Waals surface area (Å²) in [4.78, 5) is 10.8. The molecule has 0 aliphatic heterocycles. The van der Waals surface area contributed by atoms with Crippen molar-refractivity contribution in [2.24, 2.45) is 0 Å². The van der Waals surface area contributed by atoms with Gasteiger partial charge in [-0.25, -0.2) is 4.79 Å². The second-order valence-corrected chi connectivity index (χ2v) is 4.17. The Kier molecular flexibility index (Phi) is 4.72. The lowest BCUT2D eigenvalue weighted by Gasteiger charge is -2.11. The third-order valence-electron chi connectivity index (χ3n) is 1.90. The molecule has 1 aromatic rings. The minimum atomic E-state index is -1.02. The Morgan fingerprint density at radius 3 is 2.69 bits per heavy atom. The van der Waals surface area contributed by atoms with Gasteiger partial charge in [-0.05, 0) is 18.2 Å². The maximum Gasteiger partial charge on any atom is 0.335 e. The van der Waals surface area contributed by atoms with E-state index in [1.54, 1.807) is 6.07 Å². The zero-order chi connectivity index (χ0) is 12.1. The minimum Gasteiger partial charge on any atom is -0.478 e. The lowest BCUT2D eigenvalue weighted by atomic mass is 10.2. The number of hydrogen-bond acceptors (Lipinski definition) is 4. The number of halogens is 1. The molecule has 0 spiro atoms. The number of aliphatic hydroxyl groups excluding tert-OH is 2. The van der Waals surface area contributed by atoms with Crippen molar-refractivity contribution in [2.45, 2.75) is 6.10 Å². The highest BCUT2D eigenvalue weighted by atomic mass is 79.9. The van der Waals surface area contributed by atoms with E-state index in [2.05, 4.69) is 21.2 Å². The van der Waals surface area contributed by atoms with E-state index >= 15 is 0 Å². The molecule has 0 aliphatic carbocycles. The molecule has 88 valence electrons. The van der Waals surface area contributed by atoms with Crippen LogP contribution in [0, 0.1) is 0 Å². The van der Waals surface area contributed by atoms with Crippen LogP contribution in [0.15, 0.2) is 22.7 Å². The van der Waals surface area contributed by atoms with Crippen LogP contribution in [-0.4, -0.2) is 40.5 Å². The van der Waals surface area contributed by atoms with Crippen LogP contribution < -0.4 is 5.32 Å². The van der Waals surface area contributed by atoms with Gasteiger partial charge in [-0.3, -0.25) is 0 Å². The van der Waals surface area contributed by atoms with Gasteiger partial charge >= 0.3 is 5.97 Å². The quantitative estimate of drug-likeness (QED) is 0.647. The van der Waals surface area contributed by atoms with Crippen molar-refractivity contribution in [3.05, 3.63) is 28.2 Å². The molecule has 5 nitrogen and oxygen atoms in total. The SMILES string of the molecule is O=C(O)c1cc(Br)cc(NCC(O)CO)c1. The molecule has 0 fully saturated rings. The van der Waals surface area contributed by atoms with Gasteiger partial charge in [-0.2, -0.15) is 0 Å². The van der Waals surface area contributed by atoms with E-state index in [4.69, 9.17) is 15.3 Å². The number of aliphatic hydroxyl groups is 2. The van der Waals surface area contributed by atoms with Gasteiger partial charge in [0.25, 0.3) is 0 Å². The van der Waals surface area contributed by atoms with E-state index in [0.717, 1.165) is 0 Å². The topological polar surface area (TPSA) is 89.8 Å². The summed E-state index contributed by atoms with van der Waals surface area (Å²) >= 11 is 3.19. The van der Waals surface area contributed by atoms with Crippen LogP contribution in [-0.2, 0) is 0 Å². The molecule has 0 heterocycles. The van der Waals surface area contributed by atoms with Crippen molar-refractivity contribution in [1.29, 1.82) is 0 Å². The van der Waals surface area contributed by atoms with E-state index < -0.39 is 12.1 Å². The second kappa shape index (κ2) is 5.83. The zero-order valence-electron chi connectivity index (χ0n) is 8.35. The number of rotatable bonds is 5. The highest BCUT2D eigenvalue weighted by molar-refractivity contribution is 9.10. The van der Waals surface area contributed by atoms with Gasteiger partial charge in [0.05, 0.1) is 18.3 Å². The predicted molar refractivity (Wildman–Crippen MR) is 62.7 cm³/mol. The van der Waals surface area contributed by atoms with E-state index in [0.29, 0.717) is 10.2 Å². The Bertz CT molecular complexity index is 383. The minimum absolute atomic E-state index is 0.148. The van der Waals surface area contributed by atoms with E-state index in [1.807, 2.05) is 0 Å². The Hall–Kier alpha value is -1.11. The summed E-state index contributed by atoms with van der Waals surface area (Å²) in [7, 11) is 0. The number of carbonyl (C=O) groups is 1. The summed E-state index contributed by atoms with van der Waals surface area (Å²) in [6.45, 7) is -0.182. The van der Waals surface area contributed by atoms with E-state index in [-0.39, 0.29) is 18.7 Å². The highest BCUT2D eigenvalue weighted by Crippen LogP contribution is 2.19. The molecule has 0 saturated heterocycles. The highest BCUT2D eigenvalue weighted by Gasteiger charge is 2.07. The van der Waals surface area contributed by atoms with Gasteiger partial charge < -0.3 is 20.6 Å². The molecule has 0 aromatic heterocycles. The van der Waals surface area contributed by atoms with Gasteiger partial charge in [0, 0.05) is 16.7 Å². The molecule has 1 unspecified atom stereocenters. The molecule has 1 rings (SSSR count). The van der Waals surface area contributed by atoms with Crippen LogP contribution in [0.25, 0.3) is 0 Å². The number of aromatic carboxylic acids is 1. The first-order chi connectivity index (χ1) is 7.52. The first-order valence-electron chi connectivity index (χ1n) is 4.59. The Balaban J connectivity index is 2.76. The molecule has 0 amide bonds. The average molecular weight is 290 g/mol. The lowest BCUT2D eigenvalue weighted by Crippen LogP contribution is -2.23. The zero-order valence-corrected chi connectivity index (χ0v) is 9.94. The number of carboxylic acids is 1. The largest absolute Gasteiger partial charge is 0.478 e. The van der Waals surface area contributed by atoms with Crippen LogP contribution in [0.1, 0.15) is 10.4 Å². The standard InChI is InChI=1S/C10H12BrNO4/c11-7-1-6(10(15)16)2-8(3-7)12-4-9(14)5-13/h1-3,9,12-14H,4-5H2,(H,15,16). The van der Waals surface area contributed by atoms with Crippen molar-refractivity contribution < 1.29 is 20.1 Å². The van der Waals surface area contributed by atoms with Gasteiger partial charge in [0.15, 0.2) is 0 Å². The first kappa shape index (κ1) is 13.0. The third-order valence-corrected chi connectivity index (χ3v) is 2.36. The monoisotopic (exact) mass is 289 g/mol. The summed E-state index contributed by atoms with van der Waals surface area (Å²) in [6, 6.07) is 4.63. The Morgan fingerprint density at radius 1 is 1.44 bits per heavy atom. The molecule has 1 atom stereocenters. The summed E-state index contributed by atoms with van der Waals surface area (Å²) in [5.41, 5.74) is 0.717. The number of benzene rings is 1. The summed E-state index contributed by atoms with van der Waals surface area (Å²) < 4.78 is 0.633. The number of carboxylic acid groups (broad SMARTS) is 1. The van der Waals surface area contributed by atoms with Crippen molar-refractivity contribution >= 4 is 27.6 Å². The fraction of sp³-hybridized carbons (Fsp3) is 0.300. The van der Waals surface area contributed by atoms with E-state index in [1.165, 1.54) is 12.1 Å². The number of nitrogens with one attached hydrogen (secondary N) is 1. The van der Waals surface area contributed by atoms with Gasteiger partial charge in [0.1, 0.15) is 0 Å². The maximum atomic E-state index is 10.8. The van der Waals surface area contributed by atoms with Crippen LogP contribution in [0.5, 0.6) is 0 Å². The van der Waals surface area contributed by atoms with Gasteiger partial charge in [0.2, 0.25) is 0 Å². The van der Waals surface area contributed by atoms with E-state index in [9.17, 15) is 4.79 Å². The molecule has 4 N–H and O–H groups in total. The van der Waals surface area contributed by atoms with Gasteiger partial charge in [-0.1, -0.05) is 15.9 Å². The fourth-order valence-electron chi connectivity index (χ4n) is 1.12. The molecule has 6 heteroatoms. The van der Waals surface area contributed by atoms with Crippen molar-refractivity contribution in [3.8, 4) is 0 Å². The van der Waals surface area contributed by atoms with Crippen LogP contribution in [0.2, 0.25) is 0 Å². The van der Waals surface area contributed by atoms with Gasteiger partial charge in [-0.15, -0.1) is 0 Å². The third kappa shape index (κ3) is 3.80. The lowest BCUT2D eigenvalue weighted by molar-refractivity contribution is 0.0697. The second-order valence-electron chi connectivity index (χ2n) is 3.25. The molecular formula is C10H12BrNO4. The smallest absolute Gasteiger partial charge is 0.335 e. The van der Waals surface area contributed by atoms with Crippen molar-refractivity contribution in [3.63, 3.8) is 0 Å². The number of anilines is 1. The summed E-state index contributed by atoms with van der Waals surface area (Å²) in [6.07, 6.45) is -0.868. The fourth-order valence-corrected chi connectivity index (χ4v) is 1.61. The Labute approximate surface area is 101 Å². The van der Waals surface area contributed by atoms with Crippen molar-refractivity contribution in [1.82, 2.24) is 0 Å².